The molecule has 1 aromatic rings. The molecule has 0 aliphatic heterocycles. The van der Waals surface area contributed by atoms with Gasteiger partial charge in [-0.2, -0.15) is 0 Å². The topological polar surface area (TPSA) is 78.6 Å². The van der Waals surface area contributed by atoms with Crippen molar-refractivity contribution in [2.75, 3.05) is 18.9 Å². The number of nitrogens with two attached hydrogens (primary N) is 1. The highest BCUT2D eigenvalue weighted by molar-refractivity contribution is 7.13. The highest BCUT2D eigenvalue weighted by Gasteiger charge is 2.30. The van der Waals surface area contributed by atoms with Gasteiger partial charge in [-0.05, 0) is 42.0 Å². The van der Waals surface area contributed by atoms with Crippen LogP contribution < -0.4 is 5.73 Å². The second-order valence-corrected chi connectivity index (χ2v) is 6.48. The summed E-state index contributed by atoms with van der Waals surface area (Å²) in [6, 6.07) is 11.4. The van der Waals surface area contributed by atoms with Crippen LogP contribution in [-0.2, 0) is 9.47 Å². The van der Waals surface area contributed by atoms with Gasteiger partial charge in [0.1, 0.15) is 0 Å². The number of nitrogen functional groups attached to an aromatic ring is 1. The lowest BCUT2D eigenvalue weighted by atomic mass is 10.1. The van der Waals surface area contributed by atoms with E-state index in [9.17, 15) is 9.59 Å². The van der Waals surface area contributed by atoms with Gasteiger partial charge in [0.25, 0.3) is 0 Å². The molecule has 3 rings (SSSR count). The lowest BCUT2D eigenvalue weighted by Crippen LogP contribution is -2.09. The van der Waals surface area contributed by atoms with Gasteiger partial charge in [-0.15, -0.1) is 11.3 Å². The van der Waals surface area contributed by atoms with Gasteiger partial charge in [0.05, 0.1) is 30.0 Å². The summed E-state index contributed by atoms with van der Waals surface area (Å²) in [5.41, 5.74) is 8.80. The fourth-order valence-electron chi connectivity index (χ4n) is 2.89. The summed E-state index contributed by atoms with van der Waals surface area (Å²) in [6.45, 7) is 3.89. The van der Waals surface area contributed by atoms with E-state index < -0.39 is 11.9 Å². The second-order valence-electron chi connectivity index (χ2n) is 5.53. The number of anilines is 1. The van der Waals surface area contributed by atoms with Crippen LogP contribution in [0, 0.1) is 0 Å². The number of hydrogen-bond donors (Lipinski definition) is 1. The van der Waals surface area contributed by atoms with Gasteiger partial charge in [-0.25, -0.2) is 9.59 Å². The van der Waals surface area contributed by atoms with Crippen LogP contribution in [0.5, 0.6) is 0 Å². The summed E-state index contributed by atoms with van der Waals surface area (Å²) < 4.78 is 10.3. The minimum Gasteiger partial charge on any atom is -0.462 e. The summed E-state index contributed by atoms with van der Waals surface area (Å²) in [4.78, 5) is 26.0. The van der Waals surface area contributed by atoms with Gasteiger partial charge in [0, 0.05) is 4.88 Å². The summed E-state index contributed by atoms with van der Waals surface area (Å²) >= 11 is 1.61. The zero-order valence-corrected chi connectivity index (χ0v) is 15.4. The highest BCUT2D eigenvalue weighted by atomic mass is 32.1. The molecular weight excluding hydrogens is 350 g/mol. The van der Waals surface area contributed by atoms with Crippen molar-refractivity contribution < 1.29 is 19.1 Å². The molecule has 2 aliphatic carbocycles. The quantitative estimate of drug-likeness (QED) is 0.672. The molecule has 1 heterocycles. The Labute approximate surface area is 155 Å². The molecule has 6 heteroatoms. The van der Waals surface area contributed by atoms with Crippen molar-refractivity contribution in [2.45, 2.75) is 13.8 Å². The van der Waals surface area contributed by atoms with Gasteiger partial charge in [-0.1, -0.05) is 30.3 Å². The number of fused-ring (bicyclic) bond motifs is 1. The molecule has 0 saturated carbocycles. The lowest BCUT2D eigenvalue weighted by Gasteiger charge is -2.03. The van der Waals surface area contributed by atoms with Crippen LogP contribution in [0.15, 0.2) is 41.8 Å². The minimum atomic E-state index is -0.547. The molecule has 0 unspecified atom stereocenters. The maximum Gasteiger partial charge on any atom is 0.340 e. The largest absolute Gasteiger partial charge is 0.462 e. The van der Waals surface area contributed by atoms with E-state index >= 15 is 0 Å². The molecule has 5 nitrogen and oxygen atoms in total. The van der Waals surface area contributed by atoms with E-state index in [1.807, 2.05) is 29.6 Å². The summed E-state index contributed by atoms with van der Waals surface area (Å²) in [7, 11) is 0. The van der Waals surface area contributed by atoms with E-state index in [1.54, 1.807) is 37.3 Å². The van der Waals surface area contributed by atoms with Crippen LogP contribution in [0.2, 0.25) is 0 Å². The molecular formula is C20H19NO4S. The van der Waals surface area contributed by atoms with Crippen molar-refractivity contribution in [3.8, 4) is 21.6 Å². The molecule has 1 aromatic heterocycles. The maximum absolute atomic E-state index is 12.4. The van der Waals surface area contributed by atoms with Gasteiger partial charge in [-0.3, -0.25) is 0 Å². The molecule has 0 fully saturated rings. The van der Waals surface area contributed by atoms with Gasteiger partial charge < -0.3 is 15.2 Å². The Hall–Kier alpha value is -2.86. The van der Waals surface area contributed by atoms with Gasteiger partial charge >= 0.3 is 11.9 Å². The number of carbonyl (C=O) groups excluding carboxylic acids is 2. The van der Waals surface area contributed by atoms with Crippen LogP contribution in [0.4, 0.5) is 5.69 Å². The third-order valence-corrected chi connectivity index (χ3v) is 4.91. The number of esters is 2. The maximum atomic E-state index is 12.4. The molecule has 2 aliphatic rings. The minimum absolute atomic E-state index is 0.0979. The third-order valence-electron chi connectivity index (χ3n) is 3.99. The molecule has 134 valence electrons. The average molecular weight is 369 g/mol. The summed E-state index contributed by atoms with van der Waals surface area (Å²) in [6.07, 6.45) is 0. The van der Waals surface area contributed by atoms with Crippen molar-refractivity contribution in [1.82, 2.24) is 0 Å². The molecule has 2 N–H and O–H groups in total. The normalized spacial score (nSPS) is 10.7. The first-order valence-corrected chi connectivity index (χ1v) is 9.19. The molecule has 0 amide bonds. The van der Waals surface area contributed by atoms with Crippen molar-refractivity contribution in [2.24, 2.45) is 0 Å². The van der Waals surface area contributed by atoms with E-state index in [1.165, 1.54) is 0 Å². The fraction of sp³-hybridized carbons (Fsp3) is 0.200. The van der Waals surface area contributed by atoms with Crippen LogP contribution in [0.25, 0.3) is 21.6 Å². The highest BCUT2D eigenvalue weighted by Crippen LogP contribution is 2.40. The van der Waals surface area contributed by atoms with Crippen molar-refractivity contribution in [3.63, 3.8) is 0 Å². The second kappa shape index (κ2) is 7.58. The summed E-state index contributed by atoms with van der Waals surface area (Å²) in [5, 5.41) is 1.99. The van der Waals surface area contributed by atoms with E-state index in [0.29, 0.717) is 11.1 Å². The SMILES string of the molecule is CCOC(=O)c1c2ccc(-c3cccs3)ccc-2c(C(=O)OCC)c1N. The number of thiophene rings is 1. The Balaban J connectivity index is 2.24. The number of hydrogen-bond acceptors (Lipinski definition) is 6. The third kappa shape index (κ3) is 3.15. The van der Waals surface area contributed by atoms with Crippen LogP contribution >= 0.6 is 11.3 Å². The first kappa shape index (κ1) is 17.9. The molecule has 0 spiro atoms. The molecule has 26 heavy (non-hydrogen) atoms. The lowest BCUT2D eigenvalue weighted by molar-refractivity contribution is 0.0525. The van der Waals surface area contributed by atoms with Crippen molar-refractivity contribution >= 4 is 29.0 Å². The Kier molecular flexibility index (Phi) is 5.23. The average Bonchev–Trinajstić information content (AvgIpc) is 3.17. The van der Waals surface area contributed by atoms with E-state index in [2.05, 4.69) is 0 Å². The van der Waals surface area contributed by atoms with Crippen molar-refractivity contribution in [1.29, 1.82) is 0 Å². The van der Waals surface area contributed by atoms with E-state index in [4.69, 9.17) is 15.2 Å². The molecule has 0 aromatic carbocycles. The Bertz CT molecular complexity index is 862. The summed E-state index contributed by atoms with van der Waals surface area (Å²) in [5.74, 6) is -1.09. The number of ether oxygens (including phenoxy) is 2. The molecule has 0 saturated heterocycles. The Morgan fingerprint density at radius 2 is 1.46 bits per heavy atom. The Morgan fingerprint density at radius 3 is 1.88 bits per heavy atom. The predicted octanol–water partition coefficient (Wildman–Crippen LogP) is 4.46. The predicted molar refractivity (Wildman–Crippen MR) is 103 cm³/mol. The first-order chi connectivity index (χ1) is 12.6. The first-order valence-electron chi connectivity index (χ1n) is 8.31. The zero-order valence-electron chi connectivity index (χ0n) is 14.6. The van der Waals surface area contributed by atoms with Crippen molar-refractivity contribution in [3.05, 3.63) is 52.9 Å². The van der Waals surface area contributed by atoms with Crippen LogP contribution in [0.1, 0.15) is 34.6 Å². The van der Waals surface area contributed by atoms with Crippen LogP contribution in [0.3, 0.4) is 0 Å². The molecule has 0 radical (unpaired) electrons. The smallest absolute Gasteiger partial charge is 0.340 e. The number of carbonyl (C=O) groups is 2. The Morgan fingerprint density at radius 1 is 0.923 bits per heavy atom. The number of rotatable bonds is 5. The standard InChI is InChI=1S/C20H19NO4S/c1-3-24-19(22)16-13-9-7-12(15-6-5-11-26-15)8-10-14(13)17(18(16)21)20(23)25-4-2/h5-11H,3-4,21H2,1-2H3. The molecule has 0 bridgehead atoms. The van der Waals surface area contributed by atoms with Gasteiger partial charge in [0.2, 0.25) is 0 Å². The van der Waals surface area contributed by atoms with Crippen LogP contribution in [-0.4, -0.2) is 25.2 Å². The van der Waals surface area contributed by atoms with E-state index in [0.717, 1.165) is 10.4 Å². The van der Waals surface area contributed by atoms with Gasteiger partial charge in [0.15, 0.2) is 0 Å². The monoisotopic (exact) mass is 369 g/mol. The zero-order chi connectivity index (χ0) is 18.7. The molecule has 0 atom stereocenters. The fourth-order valence-corrected chi connectivity index (χ4v) is 3.62. The van der Waals surface area contributed by atoms with E-state index in [-0.39, 0.29) is 30.0 Å².